The molecule has 21 heavy (non-hydrogen) atoms. The lowest BCUT2D eigenvalue weighted by Gasteiger charge is -2.36. The standard InChI is InChI=1S/C14H25N5O2/c1-4-6-16-13(20)11-9-21-8-7-18(11)14-12(15)10(3)17-19(14)5-2/h11H,4-9,15H2,1-3H3,(H,16,20). The van der Waals surface area contributed by atoms with Crippen LogP contribution in [-0.2, 0) is 16.1 Å². The van der Waals surface area contributed by atoms with Gasteiger partial charge in [-0.3, -0.25) is 4.79 Å². The number of nitrogens with one attached hydrogen (secondary N) is 1. The number of carbonyl (C=O) groups is 1. The number of ether oxygens (including phenoxy) is 1. The van der Waals surface area contributed by atoms with Crippen molar-refractivity contribution >= 4 is 17.4 Å². The largest absolute Gasteiger partial charge is 0.394 e. The third-order valence-electron chi connectivity index (χ3n) is 3.70. The van der Waals surface area contributed by atoms with E-state index in [1.165, 1.54) is 0 Å². The Morgan fingerprint density at radius 2 is 2.29 bits per heavy atom. The number of nitrogens with two attached hydrogens (primary N) is 1. The van der Waals surface area contributed by atoms with Gasteiger partial charge in [0.2, 0.25) is 5.91 Å². The second-order valence-electron chi connectivity index (χ2n) is 5.21. The van der Waals surface area contributed by atoms with Crippen LogP contribution < -0.4 is 16.0 Å². The predicted octanol–water partition coefficient (Wildman–Crippen LogP) is 0.525. The second-order valence-corrected chi connectivity index (χ2v) is 5.21. The van der Waals surface area contributed by atoms with Crippen molar-refractivity contribution in [1.29, 1.82) is 0 Å². The predicted molar refractivity (Wildman–Crippen MR) is 82.3 cm³/mol. The SMILES string of the molecule is CCCNC(=O)C1COCCN1c1c(N)c(C)nn1CC. The van der Waals surface area contributed by atoms with E-state index in [1.54, 1.807) is 0 Å². The summed E-state index contributed by atoms with van der Waals surface area (Å²) in [6.07, 6.45) is 0.910. The first kappa shape index (κ1) is 15.6. The molecule has 1 unspecified atom stereocenters. The molecular weight excluding hydrogens is 270 g/mol. The summed E-state index contributed by atoms with van der Waals surface area (Å²) in [5.74, 6) is 0.812. The van der Waals surface area contributed by atoms with Crippen molar-refractivity contribution in [2.45, 2.75) is 39.8 Å². The highest BCUT2D eigenvalue weighted by molar-refractivity contribution is 5.86. The van der Waals surface area contributed by atoms with E-state index in [0.29, 0.717) is 38.5 Å². The molecule has 1 atom stereocenters. The molecule has 1 amide bonds. The molecule has 0 radical (unpaired) electrons. The quantitative estimate of drug-likeness (QED) is 0.827. The number of hydrogen-bond donors (Lipinski definition) is 2. The first-order valence-electron chi connectivity index (χ1n) is 7.55. The number of rotatable bonds is 5. The lowest BCUT2D eigenvalue weighted by Crippen LogP contribution is -2.54. The Morgan fingerprint density at radius 1 is 1.52 bits per heavy atom. The molecule has 118 valence electrons. The highest BCUT2D eigenvalue weighted by Gasteiger charge is 2.33. The smallest absolute Gasteiger partial charge is 0.245 e. The van der Waals surface area contributed by atoms with Crippen molar-refractivity contribution in [3.8, 4) is 0 Å². The van der Waals surface area contributed by atoms with Gasteiger partial charge >= 0.3 is 0 Å². The van der Waals surface area contributed by atoms with Crippen LogP contribution in [0.4, 0.5) is 11.5 Å². The van der Waals surface area contributed by atoms with Crippen molar-refractivity contribution in [2.75, 3.05) is 36.9 Å². The van der Waals surface area contributed by atoms with Crippen LogP contribution in [0.25, 0.3) is 0 Å². The molecule has 0 aromatic carbocycles. The van der Waals surface area contributed by atoms with Gasteiger partial charge < -0.3 is 20.7 Å². The third kappa shape index (κ3) is 3.12. The van der Waals surface area contributed by atoms with Gasteiger partial charge in [-0.05, 0) is 20.3 Å². The average Bonchev–Trinajstić information content (AvgIpc) is 2.79. The normalized spacial score (nSPS) is 18.8. The molecule has 0 aliphatic carbocycles. The van der Waals surface area contributed by atoms with Crippen LogP contribution in [0.5, 0.6) is 0 Å². The molecule has 1 saturated heterocycles. The Labute approximate surface area is 125 Å². The van der Waals surface area contributed by atoms with Crippen molar-refractivity contribution in [2.24, 2.45) is 0 Å². The monoisotopic (exact) mass is 295 g/mol. The van der Waals surface area contributed by atoms with Crippen LogP contribution >= 0.6 is 0 Å². The molecule has 7 nitrogen and oxygen atoms in total. The summed E-state index contributed by atoms with van der Waals surface area (Å²) in [4.78, 5) is 14.4. The maximum atomic E-state index is 12.4. The van der Waals surface area contributed by atoms with E-state index in [2.05, 4.69) is 10.4 Å². The third-order valence-corrected chi connectivity index (χ3v) is 3.70. The Morgan fingerprint density at radius 3 is 2.95 bits per heavy atom. The first-order valence-corrected chi connectivity index (χ1v) is 7.55. The Kier molecular flexibility index (Phi) is 5.06. The number of hydrogen-bond acceptors (Lipinski definition) is 5. The van der Waals surface area contributed by atoms with Crippen LogP contribution in [0.15, 0.2) is 0 Å². The van der Waals surface area contributed by atoms with Gasteiger partial charge in [-0.25, -0.2) is 4.68 Å². The molecule has 2 heterocycles. The summed E-state index contributed by atoms with van der Waals surface area (Å²) in [6, 6.07) is -0.353. The lowest BCUT2D eigenvalue weighted by atomic mass is 10.2. The number of aromatic nitrogens is 2. The number of aryl methyl sites for hydroxylation is 2. The van der Waals surface area contributed by atoms with E-state index < -0.39 is 0 Å². The number of nitrogen functional groups attached to an aromatic ring is 1. The van der Waals surface area contributed by atoms with Crippen LogP contribution in [0.3, 0.4) is 0 Å². The minimum atomic E-state index is -0.353. The second kappa shape index (κ2) is 6.80. The van der Waals surface area contributed by atoms with Gasteiger partial charge in [0.1, 0.15) is 6.04 Å². The molecule has 7 heteroatoms. The zero-order valence-electron chi connectivity index (χ0n) is 13.1. The molecule has 3 N–H and O–H groups in total. The maximum absolute atomic E-state index is 12.4. The van der Waals surface area contributed by atoms with E-state index in [-0.39, 0.29) is 11.9 Å². The maximum Gasteiger partial charge on any atom is 0.245 e. The van der Waals surface area contributed by atoms with E-state index in [0.717, 1.165) is 17.9 Å². The zero-order chi connectivity index (χ0) is 15.4. The van der Waals surface area contributed by atoms with Gasteiger partial charge in [-0.2, -0.15) is 5.10 Å². The molecular formula is C14H25N5O2. The number of anilines is 2. The molecule has 0 bridgehead atoms. The van der Waals surface area contributed by atoms with Crippen molar-refractivity contribution in [1.82, 2.24) is 15.1 Å². The molecule has 1 aliphatic rings. The fourth-order valence-corrected chi connectivity index (χ4v) is 2.55. The lowest BCUT2D eigenvalue weighted by molar-refractivity contribution is -0.124. The number of nitrogens with zero attached hydrogens (tertiary/aromatic N) is 3. The fourth-order valence-electron chi connectivity index (χ4n) is 2.55. The number of carbonyl (C=O) groups excluding carboxylic acids is 1. The number of morpholine rings is 1. The van der Waals surface area contributed by atoms with E-state index >= 15 is 0 Å². The Balaban J connectivity index is 2.28. The highest BCUT2D eigenvalue weighted by atomic mass is 16.5. The van der Waals surface area contributed by atoms with Gasteiger partial charge in [0, 0.05) is 19.6 Å². The van der Waals surface area contributed by atoms with Crippen LogP contribution in [0.2, 0.25) is 0 Å². The van der Waals surface area contributed by atoms with Crippen LogP contribution in [0.1, 0.15) is 26.0 Å². The summed E-state index contributed by atoms with van der Waals surface area (Å²) in [7, 11) is 0. The van der Waals surface area contributed by atoms with Gasteiger partial charge in [-0.15, -0.1) is 0 Å². The van der Waals surface area contributed by atoms with Crippen LogP contribution in [-0.4, -0.2) is 48.0 Å². The molecule has 1 aromatic rings. The molecule has 0 spiro atoms. The van der Waals surface area contributed by atoms with Gasteiger partial charge in [-0.1, -0.05) is 6.92 Å². The van der Waals surface area contributed by atoms with Crippen molar-refractivity contribution in [3.05, 3.63) is 5.69 Å². The summed E-state index contributed by atoms with van der Waals surface area (Å²) >= 11 is 0. The molecule has 1 aliphatic heterocycles. The van der Waals surface area contributed by atoms with Crippen molar-refractivity contribution in [3.63, 3.8) is 0 Å². The molecule has 0 saturated carbocycles. The van der Waals surface area contributed by atoms with Crippen molar-refractivity contribution < 1.29 is 9.53 Å². The zero-order valence-corrected chi connectivity index (χ0v) is 13.1. The summed E-state index contributed by atoms with van der Waals surface area (Å²) in [6.45, 7) is 8.93. The minimum absolute atomic E-state index is 0.0162. The summed E-state index contributed by atoms with van der Waals surface area (Å²) < 4.78 is 7.34. The molecule has 2 rings (SSSR count). The van der Waals surface area contributed by atoms with Crippen LogP contribution in [0, 0.1) is 6.92 Å². The number of amides is 1. The topological polar surface area (TPSA) is 85.4 Å². The summed E-state index contributed by atoms with van der Waals surface area (Å²) in [5, 5.41) is 7.37. The Hall–Kier alpha value is -1.76. The highest BCUT2D eigenvalue weighted by Crippen LogP contribution is 2.29. The van der Waals surface area contributed by atoms with E-state index in [1.807, 2.05) is 30.4 Å². The average molecular weight is 295 g/mol. The Bertz CT molecular complexity index is 500. The fraction of sp³-hybridized carbons (Fsp3) is 0.714. The molecule has 1 aromatic heterocycles. The van der Waals surface area contributed by atoms with Gasteiger partial charge in [0.15, 0.2) is 5.82 Å². The van der Waals surface area contributed by atoms with Gasteiger partial charge in [0.05, 0.1) is 24.6 Å². The van der Waals surface area contributed by atoms with E-state index in [9.17, 15) is 4.79 Å². The molecule has 1 fully saturated rings. The van der Waals surface area contributed by atoms with E-state index in [4.69, 9.17) is 10.5 Å². The minimum Gasteiger partial charge on any atom is -0.394 e. The summed E-state index contributed by atoms with van der Waals surface area (Å²) in [5.41, 5.74) is 7.62. The van der Waals surface area contributed by atoms with Gasteiger partial charge in [0.25, 0.3) is 0 Å². The first-order chi connectivity index (χ1) is 10.1.